The van der Waals surface area contributed by atoms with Crippen LogP contribution in [0.15, 0.2) is 73.1 Å². The predicted octanol–water partition coefficient (Wildman–Crippen LogP) is 4.34. The minimum Gasteiger partial charge on any atom is -0.339 e. The molecule has 0 unspecified atom stereocenters. The summed E-state index contributed by atoms with van der Waals surface area (Å²) in [5.41, 5.74) is 2.94. The minimum atomic E-state index is 0.0251. The minimum absolute atomic E-state index is 0.0251. The number of carbonyl (C=O) groups excluding carboxylic acids is 1. The fourth-order valence-corrected chi connectivity index (χ4v) is 3.84. The summed E-state index contributed by atoms with van der Waals surface area (Å²) in [5.74, 6) is 1.24. The highest BCUT2D eigenvalue weighted by Crippen LogP contribution is 2.23. The molecule has 1 aromatic heterocycles. The summed E-state index contributed by atoms with van der Waals surface area (Å²) in [5, 5.41) is 0. The first kappa shape index (κ1) is 19.1. The van der Waals surface area contributed by atoms with Crippen molar-refractivity contribution in [2.45, 2.75) is 19.3 Å². The quantitative estimate of drug-likeness (QED) is 0.654. The van der Waals surface area contributed by atoms with Gasteiger partial charge in [0.25, 0.3) is 5.91 Å². The standard InChI is InChI=1S/C24H26N4O/c1-27(22-10-6-3-7-11-22)24-25-17-21(18-26-24)23(29)28-14-12-20(13-15-28)16-19-8-4-2-5-9-19/h2-11,17-18,20H,12-16H2,1H3. The highest BCUT2D eigenvalue weighted by Gasteiger charge is 2.24. The molecule has 0 radical (unpaired) electrons. The van der Waals surface area contributed by atoms with E-state index in [9.17, 15) is 4.79 Å². The van der Waals surface area contributed by atoms with Gasteiger partial charge in [0.1, 0.15) is 0 Å². The van der Waals surface area contributed by atoms with Crippen molar-refractivity contribution in [2.75, 3.05) is 25.0 Å². The molecule has 1 fully saturated rings. The summed E-state index contributed by atoms with van der Waals surface area (Å²) in [6, 6.07) is 20.5. The van der Waals surface area contributed by atoms with E-state index in [1.807, 2.05) is 47.2 Å². The molecule has 1 aliphatic rings. The zero-order chi connectivity index (χ0) is 20.1. The van der Waals surface area contributed by atoms with E-state index >= 15 is 0 Å². The van der Waals surface area contributed by atoms with Crippen LogP contribution in [0.1, 0.15) is 28.8 Å². The molecule has 1 saturated heterocycles. The Bertz CT molecular complexity index is 920. The second-order valence-electron chi connectivity index (χ2n) is 7.59. The lowest BCUT2D eigenvalue weighted by Crippen LogP contribution is -2.39. The van der Waals surface area contributed by atoms with E-state index in [2.05, 4.69) is 40.3 Å². The summed E-state index contributed by atoms with van der Waals surface area (Å²) in [6.45, 7) is 1.59. The number of benzene rings is 2. The highest BCUT2D eigenvalue weighted by molar-refractivity contribution is 5.93. The number of aromatic nitrogens is 2. The molecule has 0 N–H and O–H groups in total. The van der Waals surface area contributed by atoms with Gasteiger partial charge in [0, 0.05) is 38.2 Å². The first-order valence-electron chi connectivity index (χ1n) is 10.1. The molecule has 0 aliphatic carbocycles. The van der Waals surface area contributed by atoms with Gasteiger partial charge in [-0.3, -0.25) is 4.79 Å². The molecular weight excluding hydrogens is 360 g/mol. The lowest BCUT2D eigenvalue weighted by atomic mass is 9.90. The van der Waals surface area contributed by atoms with Crippen LogP contribution in [0.5, 0.6) is 0 Å². The average molecular weight is 386 g/mol. The van der Waals surface area contributed by atoms with E-state index < -0.39 is 0 Å². The SMILES string of the molecule is CN(c1ccccc1)c1ncc(C(=O)N2CCC(Cc3ccccc3)CC2)cn1. The van der Waals surface area contributed by atoms with Crippen LogP contribution in [0.25, 0.3) is 0 Å². The molecule has 1 amide bonds. The van der Waals surface area contributed by atoms with Gasteiger partial charge in [-0.2, -0.15) is 0 Å². The van der Waals surface area contributed by atoms with Crippen LogP contribution in [0.4, 0.5) is 11.6 Å². The third kappa shape index (κ3) is 4.62. The summed E-state index contributed by atoms with van der Waals surface area (Å²) >= 11 is 0. The van der Waals surface area contributed by atoms with Crippen molar-refractivity contribution in [1.82, 2.24) is 14.9 Å². The van der Waals surface area contributed by atoms with Gasteiger partial charge >= 0.3 is 0 Å². The lowest BCUT2D eigenvalue weighted by Gasteiger charge is -2.32. The Morgan fingerprint density at radius 3 is 2.17 bits per heavy atom. The van der Waals surface area contributed by atoms with Crippen molar-refractivity contribution < 1.29 is 4.79 Å². The van der Waals surface area contributed by atoms with Gasteiger partial charge in [-0.25, -0.2) is 9.97 Å². The lowest BCUT2D eigenvalue weighted by molar-refractivity contribution is 0.0689. The summed E-state index contributed by atoms with van der Waals surface area (Å²) in [4.78, 5) is 25.5. The topological polar surface area (TPSA) is 49.3 Å². The van der Waals surface area contributed by atoms with Crippen LogP contribution in [0.3, 0.4) is 0 Å². The third-order valence-corrected chi connectivity index (χ3v) is 5.60. The Balaban J connectivity index is 1.34. The van der Waals surface area contributed by atoms with Gasteiger partial charge < -0.3 is 9.80 Å². The number of nitrogens with zero attached hydrogens (tertiary/aromatic N) is 4. The maximum Gasteiger partial charge on any atom is 0.256 e. The van der Waals surface area contributed by atoms with Gasteiger partial charge in [-0.05, 0) is 42.9 Å². The van der Waals surface area contributed by atoms with Gasteiger partial charge in [-0.15, -0.1) is 0 Å². The third-order valence-electron chi connectivity index (χ3n) is 5.60. The van der Waals surface area contributed by atoms with E-state index in [0.717, 1.165) is 38.0 Å². The van der Waals surface area contributed by atoms with Gasteiger partial charge in [-0.1, -0.05) is 48.5 Å². The number of anilines is 2. The molecule has 29 heavy (non-hydrogen) atoms. The molecule has 4 rings (SSSR count). The Morgan fingerprint density at radius 2 is 1.55 bits per heavy atom. The van der Waals surface area contributed by atoms with Gasteiger partial charge in [0.15, 0.2) is 0 Å². The van der Waals surface area contributed by atoms with E-state index in [-0.39, 0.29) is 5.91 Å². The van der Waals surface area contributed by atoms with Crippen LogP contribution in [0, 0.1) is 5.92 Å². The Kier molecular flexibility index (Phi) is 5.84. The summed E-state index contributed by atoms with van der Waals surface area (Å²) in [7, 11) is 1.92. The Hall–Kier alpha value is -3.21. The second-order valence-corrected chi connectivity index (χ2v) is 7.59. The number of para-hydroxylation sites is 1. The first-order chi connectivity index (χ1) is 14.2. The number of carbonyl (C=O) groups is 1. The normalized spacial score (nSPS) is 14.6. The van der Waals surface area contributed by atoms with Crippen molar-refractivity contribution in [2.24, 2.45) is 5.92 Å². The van der Waals surface area contributed by atoms with E-state index in [4.69, 9.17) is 0 Å². The zero-order valence-corrected chi connectivity index (χ0v) is 16.7. The monoisotopic (exact) mass is 386 g/mol. The molecule has 0 saturated carbocycles. The molecule has 2 heterocycles. The van der Waals surface area contributed by atoms with Crippen LogP contribution >= 0.6 is 0 Å². The number of hydrogen-bond donors (Lipinski definition) is 0. The number of piperidine rings is 1. The number of hydrogen-bond acceptors (Lipinski definition) is 4. The second kappa shape index (κ2) is 8.86. The molecule has 5 nitrogen and oxygen atoms in total. The van der Waals surface area contributed by atoms with Gasteiger partial charge in [0.05, 0.1) is 5.56 Å². The molecule has 1 aliphatic heterocycles. The molecule has 2 aromatic carbocycles. The fraction of sp³-hybridized carbons (Fsp3) is 0.292. The smallest absolute Gasteiger partial charge is 0.256 e. The van der Waals surface area contributed by atoms with Crippen molar-refractivity contribution in [1.29, 1.82) is 0 Å². The van der Waals surface area contributed by atoms with E-state index in [1.165, 1.54) is 5.56 Å². The van der Waals surface area contributed by atoms with Crippen molar-refractivity contribution in [3.63, 3.8) is 0 Å². The average Bonchev–Trinajstić information content (AvgIpc) is 2.80. The summed E-state index contributed by atoms with van der Waals surface area (Å²) < 4.78 is 0. The van der Waals surface area contributed by atoms with Gasteiger partial charge in [0.2, 0.25) is 5.95 Å². The number of amides is 1. The summed E-state index contributed by atoms with van der Waals surface area (Å²) in [6.07, 6.45) is 6.44. The van der Waals surface area contributed by atoms with E-state index in [1.54, 1.807) is 12.4 Å². The molecule has 0 atom stereocenters. The maximum atomic E-state index is 12.8. The van der Waals surface area contributed by atoms with Crippen LogP contribution in [0.2, 0.25) is 0 Å². The number of rotatable bonds is 5. The predicted molar refractivity (Wildman–Crippen MR) is 115 cm³/mol. The molecular formula is C24H26N4O. The van der Waals surface area contributed by atoms with Crippen LogP contribution in [-0.2, 0) is 6.42 Å². The Labute approximate surface area is 172 Å². The van der Waals surface area contributed by atoms with Crippen LogP contribution in [-0.4, -0.2) is 40.9 Å². The fourth-order valence-electron chi connectivity index (χ4n) is 3.84. The molecule has 3 aromatic rings. The highest BCUT2D eigenvalue weighted by atomic mass is 16.2. The maximum absolute atomic E-state index is 12.8. The molecule has 0 bridgehead atoms. The van der Waals surface area contributed by atoms with Crippen molar-refractivity contribution in [3.8, 4) is 0 Å². The largest absolute Gasteiger partial charge is 0.339 e. The van der Waals surface area contributed by atoms with Crippen molar-refractivity contribution in [3.05, 3.63) is 84.2 Å². The molecule has 5 heteroatoms. The number of likely N-dealkylation sites (tertiary alicyclic amines) is 1. The first-order valence-corrected chi connectivity index (χ1v) is 10.1. The Morgan fingerprint density at radius 1 is 0.966 bits per heavy atom. The molecule has 148 valence electrons. The molecule has 0 spiro atoms. The van der Waals surface area contributed by atoms with Crippen molar-refractivity contribution >= 4 is 17.5 Å². The van der Waals surface area contributed by atoms with E-state index in [0.29, 0.717) is 17.4 Å². The zero-order valence-electron chi connectivity index (χ0n) is 16.7. The van der Waals surface area contributed by atoms with Crippen LogP contribution < -0.4 is 4.90 Å².